The quantitative estimate of drug-likeness (QED) is 0.751. The Morgan fingerprint density at radius 2 is 2.00 bits per heavy atom. The molecule has 1 heterocycles. The molecular weight excluding hydrogens is 254 g/mol. The fourth-order valence-corrected chi connectivity index (χ4v) is 2.55. The minimum atomic E-state index is -0.864. The van der Waals surface area contributed by atoms with Crippen molar-refractivity contribution < 1.29 is 9.90 Å². The molecule has 0 aromatic carbocycles. The average Bonchev–Trinajstić information content (AvgIpc) is 2.28. The molecule has 1 aliphatic rings. The van der Waals surface area contributed by atoms with Crippen LogP contribution in [0.3, 0.4) is 0 Å². The minimum absolute atomic E-state index is 0.106. The van der Waals surface area contributed by atoms with Gasteiger partial charge in [0.15, 0.2) is 0 Å². The molecule has 0 atom stereocenters. The highest BCUT2D eigenvalue weighted by molar-refractivity contribution is 5.74. The third kappa shape index (κ3) is 6.39. The summed E-state index contributed by atoms with van der Waals surface area (Å²) in [7, 11) is 1.71. The lowest BCUT2D eigenvalue weighted by Crippen LogP contribution is -2.50. The van der Waals surface area contributed by atoms with Gasteiger partial charge in [-0.1, -0.05) is 12.2 Å². The lowest BCUT2D eigenvalue weighted by molar-refractivity contribution is 0.0523. The lowest BCUT2D eigenvalue weighted by atomic mass is 10.0. The Balaban J connectivity index is 2.32. The van der Waals surface area contributed by atoms with Crippen LogP contribution < -0.4 is 5.32 Å². The van der Waals surface area contributed by atoms with E-state index < -0.39 is 5.60 Å². The molecule has 0 aromatic rings. The van der Waals surface area contributed by atoms with Crippen LogP contribution in [0.25, 0.3) is 0 Å². The molecule has 1 aliphatic heterocycles. The fourth-order valence-electron chi connectivity index (χ4n) is 2.55. The third-order valence-electron chi connectivity index (χ3n) is 3.38. The van der Waals surface area contributed by atoms with Crippen molar-refractivity contribution >= 4 is 6.03 Å². The van der Waals surface area contributed by atoms with E-state index in [4.69, 9.17) is 0 Å². The average molecular weight is 283 g/mol. The van der Waals surface area contributed by atoms with Crippen LogP contribution >= 0.6 is 0 Å². The first kappa shape index (κ1) is 17.0. The van der Waals surface area contributed by atoms with E-state index in [9.17, 15) is 9.90 Å². The number of amides is 2. The number of hydrogen-bond donors (Lipinski definition) is 2. The van der Waals surface area contributed by atoms with E-state index in [1.54, 1.807) is 25.8 Å². The van der Waals surface area contributed by atoms with E-state index in [2.05, 4.69) is 16.8 Å². The van der Waals surface area contributed by atoms with Gasteiger partial charge in [-0.25, -0.2) is 4.79 Å². The number of likely N-dealkylation sites (N-methyl/N-ethyl adjacent to an activating group) is 1. The second-order valence-corrected chi connectivity index (χ2v) is 6.63. The first-order valence-electron chi connectivity index (χ1n) is 7.28. The zero-order valence-electron chi connectivity index (χ0n) is 13.3. The van der Waals surface area contributed by atoms with Crippen LogP contribution in [0.1, 0.15) is 33.6 Å². The highest BCUT2D eigenvalue weighted by atomic mass is 16.3. The topological polar surface area (TPSA) is 55.8 Å². The third-order valence-corrected chi connectivity index (χ3v) is 3.38. The highest BCUT2D eigenvalue weighted by Crippen LogP contribution is 2.12. The van der Waals surface area contributed by atoms with Gasteiger partial charge in [0.2, 0.25) is 0 Å². The molecule has 116 valence electrons. The molecular formula is C15H29N3O2. The zero-order valence-corrected chi connectivity index (χ0v) is 13.3. The van der Waals surface area contributed by atoms with E-state index in [1.165, 1.54) is 5.57 Å². The molecule has 2 amide bonds. The summed E-state index contributed by atoms with van der Waals surface area (Å²) in [6.45, 7) is 12.6. The maximum absolute atomic E-state index is 12.0. The Morgan fingerprint density at radius 3 is 2.45 bits per heavy atom. The molecule has 0 bridgehead atoms. The van der Waals surface area contributed by atoms with Gasteiger partial charge in [0.25, 0.3) is 0 Å². The molecule has 0 saturated carbocycles. The first-order valence-corrected chi connectivity index (χ1v) is 7.28. The summed E-state index contributed by atoms with van der Waals surface area (Å²) in [6.07, 6.45) is 1.94. The number of nitrogens with zero attached hydrogens (tertiary/aromatic N) is 2. The number of aliphatic hydroxyl groups is 1. The molecule has 5 nitrogen and oxygen atoms in total. The first-order chi connectivity index (χ1) is 9.17. The Bertz CT molecular complexity index is 342. The van der Waals surface area contributed by atoms with Gasteiger partial charge in [0, 0.05) is 32.7 Å². The Hall–Kier alpha value is -1.07. The second-order valence-electron chi connectivity index (χ2n) is 6.63. The van der Waals surface area contributed by atoms with Crippen LogP contribution in [-0.4, -0.2) is 65.8 Å². The predicted molar refractivity (Wildman–Crippen MR) is 81.7 cm³/mol. The highest BCUT2D eigenvalue weighted by Gasteiger charge is 2.24. The van der Waals surface area contributed by atoms with Crippen molar-refractivity contribution in [2.24, 2.45) is 0 Å². The normalized spacial score (nSPS) is 17.9. The molecule has 5 heteroatoms. The summed E-state index contributed by atoms with van der Waals surface area (Å²) < 4.78 is 0. The van der Waals surface area contributed by atoms with E-state index in [0.717, 1.165) is 32.5 Å². The molecule has 0 unspecified atom stereocenters. The molecule has 0 aliphatic carbocycles. The SMILES string of the molecule is C=C(C)CN1CCC(NC(=O)N(C)CC(C)(C)O)CC1. The summed E-state index contributed by atoms with van der Waals surface area (Å²) in [5.74, 6) is 0. The molecule has 0 spiro atoms. The Kier molecular flexibility index (Phi) is 6.02. The molecule has 1 saturated heterocycles. The molecule has 2 N–H and O–H groups in total. The van der Waals surface area contributed by atoms with Crippen LogP contribution in [0, 0.1) is 0 Å². The van der Waals surface area contributed by atoms with Gasteiger partial charge < -0.3 is 15.3 Å². The summed E-state index contributed by atoms with van der Waals surface area (Å²) in [5, 5.41) is 12.8. The van der Waals surface area contributed by atoms with E-state index >= 15 is 0 Å². The monoisotopic (exact) mass is 283 g/mol. The van der Waals surface area contributed by atoms with Crippen molar-refractivity contribution in [3.8, 4) is 0 Å². The van der Waals surface area contributed by atoms with Crippen molar-refractivity contribution in [3.63, 3.8) is 0 Å². The number of urea groups is 1. The second kappa shape index (κ2) is 7.09. The minimum Gasteiger partial charge on any atom is -0.389 e. The molecule has 0 aromatic heterocycles. The summed E-state index contributed by atoms with van der Waals surface area (Å²) in [6, 6.07) is 0.124. The van der Waals surface area contributed by atoms with Crippen LogP contribution in [0.4, 0.5) is 4.79 Å². The van der Waals surface area contributed by atoms with Crippen molar-refractivity contribution in [2.45, 2.75) is 45.3 Å². The van der Waals surface area contributed by atoms with Gasteiger partial charge in [-0.05, 0) is 33.6 Å². The van der Waals surface area contributed by atoms with E-state index in [1.807, 2.05) is 6.92 Å². The van der Waals surface area contributed by atoms with E-state index in [-0.39, 0.29) is 12.1 Å². The number of carbonyl (C=O) groups excluding carboxylic acids is 1. The van der Waals surface area contributed by atoms with Crippen LogP contribution in [0.2, 0.25) is 0 Å². The Morgan fingerprint density at radius 1 is 1.45 bits per heavy atom. The van der Waals surface area contributed by atoms with Gasteiger partial charge in [0.05, 0.1) is 12.1 Å². The molecule has 1 rings (SSSR count). The maximum atomic E-state index is 12.0. The van der Waals surface area contributed by atoms with Gasteiger partial charge >= 0.3 is 6.03 Å². The lowest BCUT2D eigenvalue weighted by Gasteiger charge is -2.34. The number of piperidine rings is 1. The van der Waals surface area contributed by atoms with Crippen molar-refractivity contribution in [3.05, 3.63) is 12.2 Å². The summed E-state index contributed by atoms with van der Waals surface area (Å²) >= 11 is 0. The molecule has 20 heavy (non-hydrogen) atoms. The van der Waals surface area contributed by atoms with Gasteiger partial charge in [-0.15, -0.1) is 0 Å². The van der Waals surface area contributed by atoms with Crippen LogP contribution in [-0.2, 0) is 0 Å². The molecule has 1 fully saturated rings. The van der Waals surface area contributed by atoms with Crippen molar-refractivity contribution in [1.82, 2.24) is 15.1 Å². The standard InChI is InChI=1S/C15H29N3O2/c1-12(2)10-18-8-6-13(7-9-18)16-14(19)17(5)11-15(3,4)20/h13,20H,1,6-11H2,2-5H3,(H,16,19). The number of hydrogen-bond acceptors (Lipinski definition) is 3. The summed E-state index contributed by atoms with van der Waals surface area (Å²) in [5.41, 5.74) is 0.314. The number of likely N-dealkylation sites (tertiary alicyclic amines) is 1. The number of carbonyl (C=O) groups is 1. The van der Waals surface area contributed by atoms with Crippen LogP contribution in [0.15, 0.2) is 12.2 Å². The van der Waals surface area contributed by atoms with Crippen molar-refractivity contribution in [1.29, 1.82) is 0 Å². The maximum Gasteiger partial charge on any atom is 0.317 e. The smallest absolute Gasteiger partial charge is 0.317 e. The fraction of sp³-hybridized carbons (Fsp3) is 0.800. The van der Waals surface area contributed by atoms with Gasteiger partial charge in [-0.2, -0.15) is 0 Å². The zero-order chi connectivity index (χ0) is 15.3. The van der Waals surface area contributed by atoms with Gasteiger partial charge in [0.1, 0.15) is 0 Å². The predicted octanol–water partition coefficient (Wildman–Crippen LogP) is 1.44. The Labute approximate surface area is 122 Å². The van der Waals surface area contributed by atoms with Gasteiger partial charge in [-0.3, -0.25) is 4.90 Å². The van der Waals surface area contributed by atoms with Crippen molar-refractivity contribution in [2.75, 3.05) is 33.2 Å². The largest absolute Gasteiger partial charge is 0.389 e. The number of rotatable bonds is 5. The van der Waals surface area contributed by atoms with E-state index in [0.29, 0.717) is 6.54 Å². The number of nitrogens with one attached hydrogen (secondary N) is 1. The van der Waals surface area contributed by atoms with Crippen LogP contribution in [0.5, 0.6) is 0 Å². The summed E-state index contributed by atoms with van der Waals surface area (Å²) in [4.78, 5) is 15.9. The molecule has 0 radical (unpaired) electrons.